The van der Waals surface area contributed by atoms with Gasteiger partial charge in [0.05, 0.1) is 24.7 Å². The minimum Gasteiger partial charge on any atom is -0.465 e. The van der Waals surface area contributed by atoms with Crippen molar-refractivity contribution in [1.82, 2.24) is 0 Å². The van der Waals surface area contributed by atoms with E-state index in [9.17, 15) is 9.59 Å². The van der Waals surface area contributed by atoms with E-state index in [1.807, 2.05) is 12.1 Å². The minimum atomic E-state index is -0.278. The highest BCUT2D eigenvalue weighted by molar-refractivity contribution is 8.00. The smallest absolute Gasteiger partial charge is 0.316 e. The normalized spacial score (nSPS) is 9.86. The molecule has 0 unspecified atom stereocenters. The molecule has 0 aromatic heterocycles. The number of carbonyl (C=O) groups is 2. The first-order chi connectivity index (χ1) is 10.6. The molecule has 1 aromatic rings. The standard InChI is InChI=1S/C16H18O4S2/c1-4-12-7-8-13(21-10-15(17)19-5-2)9-14(12)22-11-16(18)20-6-3/h1,7-9H,5-6,10-11H2,2-3H3. The lowest BCUT2D eigenvalue weighted by Gasteiger charge is -2.08. The second-order valence-corrected chi connectivity index (χ2v) is 6.06. The average molecular weight is 338 g/mol. The molecule has 1 rings (SSSR count). The highest BCUT2D eigenvalue weighted by Gasteiger charge is 2.09. The van der Waals surface area contributed by atoms with Gasteiger partial charge in [0.25, 0.3) is 0 Å². The lowest BCUT2D eigenvalue weighted by molar-refractivity contribution is -0.140. The molecule has 118 valence electrons. The molecule has 0 radical (unpaired) electrons. The summed E-state index contributed by atoms with van der Waals surface area (Å²) in [6, 6.07) is 5.54. The molecule has 0 atom stereocenters. The molecule has 1 aromatic carbocycles. The van der Waals surface area contributed by atoms with Crippen LogP contribution in [-0.2, 0) is 19.1 Å². The van der Waals surface area contributed by atoms with Gasteiger partial charge in [0.15, 0.2) is 0 Å². The molecular weight excluding hydrogens is 320 g/mol. The van der Waals surface area contributed by atoms with Crippen LogP contribution in [-0.4, -0.2) is 36.7 Å². The van der Waals surface area contributed by atoms with Gasteiger partial charge in [0, 0.05) is 15.4 Å². The monoisotopic (exact) mass is 338 g/mol. The van der Waals surface area contributed by atoms with Crippen molar-refractivity contribution in [3.8, 4) is 12.3 Å². The van der Waals surface area contributed by atoms with Crippen LogP contribution in [0.25, 0.3) is 0 Å². The molecule has 0 saturated heterocycles. The Balaban J connectivity index is 2.70. The van der Waals surface area contributed by atoms with Gasteiger partial charge in [0.2, 0.25) is 0 Å². The molecule has 0 N–H and O–H groups in total. The summed E-state index contributed by atoms with van der Waals surface area (Å²) >= 11 is 2.71. The van der Waals surface area contributed by atoms with E-state index < -0.39 is 0 Å². The molecule has 4 nitrogen and oxygen atoms in total. The van der Waals surface area contributed by atoms with E-state index >= 15 is 0 Å². The highest BCUT2D eigenvalue weighted by atomic mass is 32.2. The molecule has 6 heteroatoms. The van der Waals surface area contributed by atoms with Gasteiger partial charge in [-0.25, -0.2) is 0 Å². The summed E-state index contributed by atoms with van der Waals surface area (Å²) in [5, 5.41) is 0. The third kappa shape index (κ3) is 6.46. The van der Waals surface area contributed by atoms with Gasteiger partial charge in [-0.2, -0.15) is 0 Å². The van der Waals surface area contributed by atoms with E-state index in [-0.39, 0.29) is 23.4 Å². The summed E-state index contributed by atoms with van der Waals surface area (Å²) in [4.78, 5) is 24.5. The van der Waals surface area contributed by atoms with Crippen LogP contribution in [0.1, 0.15) is 19.4 Å². The first-order valence-electron chi connectivity index (χ1n) is 6.78. The Kier molecular flexibility index (Phi) is 8.56. The van der Waals surface area contributed by atoms with Crippen molar-refractivity contribution in [2.75, 3.05) is 24.7 Å². The Hall–Kier alpha value is -1.58. The molecule has 0 amide bonds. The van der Waals surface area contributed by atoms with Gasteiger partial charge in [0.1, 0.15) is 0 Å². The van der Waals surface area contributed by atoms with E-state index in [0.717, 1.165) is 15.4 Å². The summed E-state index contributed by atoms with van der Waals surface area (Å²) in [6.45, 7) is 4.27. The first kappa shape index (κ1) is 18.5. The fourth-order valence-corrected chi connectivity index (χ4v) is 3.17. The Morgan fingerprint density at radius 1 is 1.09 bits per heavy atom. The predicted molar refractivity (Wildman–Crippen MR) is 89.1 cm³/mol. The highest BCUT2D eigenvalue weighted by Crippen LogP contribution is 2.28. The zero-order valence-electron chi connectivity index (χ0n) is 12.6. The Bertz CT molecular complexity index is 564. The average Bonchev–Trinajstić information content (AvgIpc) is 2.51. The maximum Gasteiger partial charge on any atom is 0.316 e. The van der Waals surface area contributed by atoms with Crippen molar-refractivity contribution in [2.45, 2.75) is 23.6 Å². The van der Waals surface area contributed by atoms with Crippen molar-refractivity contribution in [2.24, 2.45) is 0 Å². The van der Waals surface area contributed by atoms with Crippen LogP contribution in [0.5, 0.6) is 0 Å². The molecule has 0 aliphatic carbocycles. The van der Waals surface area contributed by atoms with Crippen LogP contribution in [0.3, 0.4) is 0 Å². The lowest BCUT2D eigenvalue weighted by Crippen LogP contribution is -2.07. The number of ether oxygens (including phenoxy) is 2. The second-order valence-electron chi connectivity index (χ2n) is 3.99. The maximum absolute atomic E-state index is 11.4. The van der Waals surface area contributed by atoms with Crippen LogP contribution in [0.15, 0.2) is 28.0 Å². The number of esters is 2. The Morgan fingerprint density at radius 3 is 2.23 bits per heavy atom. The van der Waals surface area contributed by atoms with Crippen molar-refractivity contribution in [3.05, 3.63) is 23.8 Å². The predicted octanol–water partition coefficient (Wildman–Crippen LogP) is 2.98. The van der Waals surface area contributed by atoms with Crippen molar-refractivity contribution >= 4 is 35.5 Å². The van der Waals surface area contributed by atoms with Crippen LogP contribution in [0.4, 0.5) is 0 Å². The van der Waals surface area contributed by atoms with Crippen molar-refractivity contribution < 1.29 is 19.1 Å². The van der Waals surface area contributed by atoms with Crippen LogP contribution >= 0.6 is 23.5 Å². The van der Waals surface area contributed by atoms with Crippen molar-refractivity contribution in [3.63, 3.8) is 0 Å². The summed E-state index contributed by atoms with van der Waals surface area (Å²) in [5.41, 5.74) is 0.717. The molecule has 0 aliphatic rings. The zero-order chi connectivity index (χ0) is 16.4. The second kappa shape index (κ2) is 10.2. The van der Waals surface area contributed by atoms with Gasteiger partial charge in [-0.3, -0.25) is 9.59 Å². The Morgan fingerprint density at radius 2 is 1.68 bits per heavy atom. The van der Waals surface area contributed by atoms with E-state index in [4.69, 9.17) is 15.9 Å². The van der Waals surface area contributed by atoms with Gasteiger partial charge in [-0.1, -0.05) is 5.92 Å². The number of carbonyl (C=O) groups excluding carboxylic acids is 2. The molecule has 0 aliphatic heterocycles. The van der Waals surface area contributed by atoms with Gasteiger partial charge in [-0.05, 0) is 32.0 Å². The molecular formula is C16H18O4S2. The van der Waals surface area contributed by atoms with Gasteiger partial charge >= 0.3 is 11.9 Å². The summed E-state index contributed by atoms with van der Waals surface area (Å²) < 4.78 is 9.78. The molecule has 0 spiro atoms. The summed E-state index contributed by atoms with van der Waals surface area (Å²) in [7, 11) is 0. The number of rotatable bonds is 8. The molecule has 0 heterocycles. The number of terminal acetylenes is 1. The number of hydrogen-bond donors (Lipinski definition) is 0. The summed E-state index contributed by atoms with van der Waals surface area (Å²) in [5.74, 6) is 2.50. The van der Waals surface area contributed by atoms with Crippen LogP contribution in [0.2, 0.25) is 0 Å². The summed E-state index contributed by atoms with van der Waals surface area (Å²) in [6.07, 6.45) is 5.47. The number of benzene rings is 1. The molecule has 0 bridgehead atoms. The van der Waals surface area contributed by atoms with E-state index in [1.165, 1.54) is 23.5 Å². The van der Waals surface area contributed by atoms with Crippen LogP contribution in [0, 0.1) is 12.3 Å². The van der Waals surface area contributed by atoms with E-state index in [0.29, 0.717) is 13.2 Å². The molecule has 0 saturated carbocycles. The zero-order valence-corrected chi connectivity index (χ0v) is 14.2. The van der Waals surface area contributed by atoms with E-state index in [2.05, 4.69) is 5.92 Å². The van der Waals surface area contributed by atoms with Gasteiger partial charge in [-0.15, -0.1) is 29.9 Å². The minimum absolute atomic E-state index is 0.203. The maximum atomic E-state index is 11.4. The van der Waals surface area contributed by atoms with Crippen LogP contribution < -0.4 is 0 Å². The lowest BCUT2D eigenvalue weighted by atomic mass is 10.2. The largest absolute Gasteiger partial charge is 0.465 e. The van der Waals surface area contributed by atoms with Gasteiger partial charge < -0.3 is 9.47 Å². The fraction of sp³-hybridized carbons (Fsp3) is 0.375. The quantitative estimate of drug-likeness (QED) is 0.413. The van der Waals surface area contributed by atoms with Crippen molar-refractivity contribution in [1.29, 1.82) is 0 Å². The third-order valence-corrected chi connectivity index (χ3v) is 4.42. The number of hydrogen-bond acceptors (Lipinski definition) is 6. The fourth-order valence-electron chi connectivity index (χ4n) is 1.52. The SMILES string of the molecule is C#Cc1ccc(SCC(=O)OCC)cc1SCC(=O)OCC. The third-order valence-electron chi connectivity index (χ3n) is 2.42. The topological polar surface area (TPSA) is 52.6 Å². The molecule has 0 fully saturated rings. The van der Waals surface area contributed by atoms with E-state index in [1.54, 1.807) is 19.9 Å². The molecule has 22 heavy (non-hydrogen) atoms. The Labute approximate surface area is 139 Å². The first-order valence-corrected chi connectivity index (χ1v) is 8.75. The number of thioether (sulfide) groups is 2.